The van der Waals surface area contributed by atoms with Crippen molar-refractivity contribution >= 4 is 27.2 Å². The standard InChI is InChI=1S/C19H17FN4O2S/c1-10-18(15-5-12(15)9-25)24-17(26)6-14(22-19(24)27-10)8-23-16-3-2-13(20)4-11(16)7-21-23/h2-4,6-7,12,15,25H,5,8-9H2,1H3. The van der Waals surface area contributed by atoms with Gasteiger partial charge in [-0.2, -0.15) is 5.10 Å². The maximum absolute atomic E-state index is 13.4. The number of aliphatic hydroxyl groups excluding tert-OH is 1. The summed E-state index contributed by atoms with van der Waals surface area (Å²) in [4.78, 5) is 19.2. The average molecular weight is 384 g/mol. The van der Waals surface area contributed by atoms with Gasteiger partial charge in [0.15, 0.2) is 4.96 Å². The van der Waals surface area contributed by atoms with Gasteiger partial charge in [-0.3, -0.25) is 13.9 Å². The molecule has 4 aromatic rings. The summed E-state index contributed by atoms with van der Waals surface area (Å²) in [5.74, 6) is 0.172. The van der Waals surface area contributed by atoms with Gasteiger partial charge in [0.2, 0.25) is 0 Å². The molecule has 6 nitrogen and oxygen atoms in total. The Kier molecular flexibility index (Phi) is 3.66. The molecule has 0 radical (unpaired) electrons. The van der Waals surface area contributed by atoms with E-state index < -0.39 is 0 Å². The molecule has 2 unspecified atom stereocenters. The van der Waals surface area contributed by atoms with E-state index in [0.29, 0.717) is 22.6 Å². The fourth-order valence-electron chi connectivity index (χ4n) is 3.77. The highest BCUT2D eigenvalue weighted by Crippen LogP contribution is 2.49. The number of rotatable bonds is 4. The maximum atomic E-state index is 13.4. The van der Waals surface area contributed by atoms with Crippen molar-refractivity contribution < 1.29 is 9.50 Å². The Morgan fingerprint density at radius 1 is 1.37 bits per heavy atom. The lowest BCUT2D eigenvalue weighted by Gasteiger charge is -2.05. The van der Waals surface area contributed by atoms with E-state index in [1.165, 1.54) is 29.5 Å². The van der Waals surface area contributed by atoms with Crippen LogP contribution in [0.5, 0.6) is 0 Å². The molecule has 0 spiro atoms. The first-order chi connectivity index (χ1) is 13.0. The van der Waals surface area contributed by atoms with E-state index in [0.717, 1.165) is 22.5 Å². The van der Waals surface area contributed by atoms with Gasteiger partial charge < -0.3 is 5.11 Å². The van der Waals surface area contributed by atoms with Crippen molar-refractivity contribution in [2.45, 2.75) is 25.8 Å². The number of aromatic nitrogens is 4. The van der Waals surface area contributed by atoms with Crippen molar-refractivity contribution in [3.05, 3.63) is 62.9 Å². The van der Waals surface area contributed by atoms with E-state index in [4.69, 9.17) is 0 Å². The summed E-state index contributed by atoms with van der Waals surface area (Å²) in [5, 5.41) is 14.4. The number of hydrogen-bond acceptors (Lipinski definition) is 5. The van der Waals surface area contributed by atoms with Crippen molar-refractivity contribution in [1.82, 2.24) is 19.2 Å². The molecule has 27 heavy (non-hydrogen) atoms. The highest BCUT2D eigenvalue weighted by molar-refractivity contribution is 7.17. The maximum Gasteiger partial charge on any atom is 0.259 e. The van der Waals surface area contributed by atoms with Gasteiger partial charge in [0.05, 0.1) is 24.0 Å². The zero-order chi connectivity index (χ0) is 18.7. The summed E-state index contributed by atoms with van der Waals surface area (Å²) in [6.07, 6.45) is 2.52. The number of aryl methyl sites for hydroxylation is 1. The van der Waals surface area contributed by atoms with Crippen molar-refractivity contribution in [3.8, 4) is 0 Å². The molecular weight excluding hydrogens is 367 g/mol. The number of hydrogen-bond donors (Lipinski definition) is 1. The third kappa shape index (κ3) is 2.67. The van der Waals surface area contributed by atoms with E-state index in [9.17, 15) is 14.3 Å². The summed E-state index contributed by atoms with van der Waals surface area (Å²) in [6, 6.07) is 6.05. The average Bonchev–Trinajstić information content (AvgIpc) is 3.19. The summed E-state index contributed by atoms with van der Waals surface area (Å²) in [7, 11) is 0. The Bertz CT molecular complexity index is 1240. The Morgan fingerprint density at radius 2 is 2.22 bits per heavy atom. The lowest BCUT2D eigenvalue weighted by molar-refractivity contribution is 0.273. The first-order valence-electron chi connectivity index (χ1n) is 8.79. The molecule has 5 rings (SSSR count). The summed E-state index contributed by atoms with van der Waals surface area (Å²) in [5.41, 5.74) is 2.29. The van der Waals surface area contributed by atoms with Crippen LogP contribution in [0.1, 0.15) is 28.6 Å². The number of nitrogens with zero attached hydrogens (tertiary/aromatic N) is 4. The molecule has 1 saturated carbocycles. The van der Waals surface area contributed by atoms with Crippen LogP contribution in [-0.4, -0.2) is 30.9 Å². The molecule has 1 aliphatic rings. The zero-order valence-electron chi connectivity index (χ0n) is 14.6. The Morgan fingerprint density at radius 3 is 3.00 bits per heavy atom. The van der Waals surface area contributed by atoms with Gasteiger partial charge in [0.25, 0.3) is 5.56 Å². The molecule has 0 bridgehead atoms. The third-order valence-corrected chi connectivity index (χ3v) is 6.18. The minimum Gasteiger partial charge on any atom is -0.396 e. The van der Waals surface area contributed by atoms with Crippen LogP contribution in [0.3, 0.4) is 0 Å². The highest BCUT2D eigenvalue weighted by atomic mass is 32.1. The van der Waals surface area contributed by atoms with Crippen LogP contribution >= 0.6 is 11.3 Å². The molecule has 2 atom stereocenters. The second-order valence-electron chi connectivity index (χ2n) is 7.04. The largest absolute Gasteiger partial charge is 0.396 e. The van der Waals surface area contributed by atoms with Crippen LogP contribution in [-0.2, 0) is 6.54 Å². The fraction of sp³-hybridized carbons (Fsp3) is 0.316. The van der Waals surface area contributed by atoms with Gasteiger partial charge in [0, 0.05) is 34.5 Å². The van der Waals surface area contributed by atoms with Crippen LogP contribution in [0.15, 0.2) is 35.3 Å². The molecule has 1 aliphatic carbocycles. The van der Waals surface area contributed by atoms with Gasteiger partial charge in [-0.15, -0.1) is 11.3 Å². The molecule has 138 valence electrons. The quantitative estimate of drug-likeness (QED) is 0.587. The molecule has 8 heteroatoms. The van der Waals surface area contributed by atoms with Crippen LogP contribution in [0.25, 0.3) is 15.9 Å². The minimum absolute atomic E-state index is 0.111. The van der Waals surface area contributed by atoms with E-state index in [-0.39, 0.29) is 29.8 Å². The van der Waals surface area contributed by atoms with Gasteiger partial charge in [-0.05, 0) is 37.5 Å². The Balaban J connectivity index is 1.56. The summed E-state index contributed by atoms with van der Waals surface area (Å²) < 4.78 is 16.8. The molecular formula is C19H17FN4O2S. The molecule has 0 saturated heterocycles. The number of halogens is 1. The predicted octanol–water partition coefficient (Wildman–Crippen LogP) is 2.70. The lowest BCUT2D eigenvalue weighted by atomic mass is 10.2. The zero-order valence-corrected chi connectivity index (χ0v) is 15.4. The van der Waals surface area contributed by atoms with E-state index in [1.54, 1.807) is 21.3 Å². The topological polar surface area (TPSA) is 72.4 Å². The van der Waals surface area contributed by atoms with E-state index in [1.807, 2.05) is 6.92 Å². The number of fused-ring (bicyclic) bond motifs is 2. The van der Waals surface area contributed by atoms with Crippen LogP contribution in [0.4, 0.5) is 4.39 Å². The van der Waals surface area contributed by atoms with Gasteiger partial charge in [-0.25, -0.2) is 9.37 Å². The van der Waals surface area contributed by atoms with E-state index >= 15 is 0 Å². The first kappa shape index (κ1) is 16.6. The van der Waals surface area contributed by atoms with E-state index in [2.05, 4.69) is 10.1 Å². The van der Waals surface area contributed by atoms with Gasteiger partial charge in [-0.1, -0.05) is 0 Å². The van der Waals surface area contributed by atoms with Crippen molar-refractivity contribution in [1.29, 1.82) is 0 Å². The molecule has 0 amide bonds. The second-order valence-corrected chi connectivity index (χ2v) is 8.22. The Labute approximate surface area is 157 Å². The van der Waals surface area contributed by atoms with Gasteiger partial charge in [0.1, 0.15) is 5.82 Å². The van der Waals surface area contributed by atoms with Gasteiger partial charge >= 0.3 is 0 Å². The number of aliphatic hydroxyl groups is 1. The van der Waals surface area contributed by atoms with Crippen LogP contribution in [0, 0.1) is 18.7 Å². The number of benzene rings is 1. The molecule has 3 heterocycles. The monoisotopic (exact) mass is 384 g/mol. The molecule has 1 aromatic carbocycles. The molecule has 1 fully saturated rings. The normalized spacial score (nSPS) is 19.2. The number of thiazole rings is 1. The molecule has 3 aromatic heterocycles. The fourth-order valence-corrected chi connectivity index (χ4v) is 4.84. The van der Waals surface area contributed by atoms with Crippen LogP contribution < -0.4 is 5.56 Å². The van der Waals surface area contributed by atoms with Crippen molar-refractivity contribution in [2.75, 3.05) is 6.61 Å². The predicted molar refractivity (Wildman–Crippen MR) is 101 cm³/mol. The first-order valence-corrected chi connectivity index (χ1v) is 9.60. The second kappa shape index (κ2) is 5.97. The highest BCUT2D eigenvalue weighted by Gasteiger charge is 2.41. The Hall–Kier alpha value is -2.58. The molecule has 0 aliphatic heterocycles. The SMILES string of the molecule is Cc1sc2nc(Cn3ncc4cc(F)ccc43)cc(=O)n2c1C1CC1CO. The third-order valence-electron chi connectivity index (χ3n) is 5.21. The smallest absolute Gasteiger partial charge is 0.259 e. The van der Waals surface area contributed by atoms with Crippen molar-refractivity contribution in [3.63, 3.8) is 0 Å². The molecule has 1 N–H and O–H groups in total. The lowest BCUT2D eigenvalue weighted by Crippen LogP contribution is -2.18. The minimum atomic E-state index is -0.303. The summed E-state index contributed by atoms with van der Waals surface area (Å²) in [6.45, 7) is 2.49. The van der Waals surface area contributed by atoms with Crippen molar-refractivity contribution in [2.24, 2.45) is 5.92 Å². The summed E-state index contributed by atoms with van der Waals surface area (Å²) >= 11 is 1.50. The van der Waals surface area contributed by atoms with Crippen LogP contribution in [0.2, 0.25) is 0 Å².